The first-order chi connectivity index (χ1) is 7.85. The second-order valence-corrected chi connectivity index (χ2v) is 3.60. The van der Waals surface area contributed by atoms with Crippen LogP contribution in [0.2, 0.25) is 0 Å². The van der Waals surface area contributed by atoms with Crippen LogP contribution in [-0.2, 0) is 6.42 Å². The molecule has 0 N–H and O–H groups in total. The number of ether oxygens (including phenoxy) is 1. The highest BCUT2D eigenvalue weighted by molar-refractivity contribution is 5.60. The van der Waals surface area contributed by atoms with Gasteiger partial charge in [0.1, 0.15) is 5.75 Å². The van der Waals surface area contributed by atoms with E-state index in [2.05, 4.69) is 30.1 Å². The van der Waals surface area contributed by atoms with Crippen molar-refractivity contribution in [2.75, 3.05) is 7.11 Å². The third-order valence-electron chi connectivity index (χ3n) is 2.62. The highest BCUT2D eigenvalue weighted by Crippen LogP contribution is 2.24. The molecule has 0 aliphatic carbocycles. The number of hydrogen-bond donors (Lipinski definition) is 0. The van der Waals surface area contributed by atoms with Crippen molar-refractivity contribution in [2.24, 2.45) is 0 Å². The van der Waals surface area contributed by atoms with E-state index >= 15 is 0 Å². The minimum absolute atomic E-state index is 0.863. The number of aromatic nitrogens is 1. The lowest BCUT2D eigenvalue weighted by atomic mass is 10.1. The van der Waals surface area contributed by atoms with Gasteiger partial charge in [0, 0.05) is 5.56 Å². The molecule has 0 atom stereocenters. The van der Waals surface area contributed by atoms with Crippen LogP contribution in [0.15, 0.2) is 42.6 Å². The van der Waals surface area contributed by atoms with E-state index in [-0.39, 0.29) is 0 Å². The second kappa shape index (κ2) is 4.79. The first kappa shape index (κ1) is 10.7. The van der Waals surface area contributed by atoms with Crippen LogP contribution in [0, 0.1) is 0 Å². The number of hydrogen-bond acceptors (Lipinski definition) is 2. The van der Waals surface area contributed by atoms with Gasteiger partial charge in [0.05, 0.1) is 19.0 Å². The molecular formula is C14H15NO. The first-order valence-corrected chi connectivity index (χ1v) is 5.43. The van der Waals surface area contributed by atoms with Crippen LogP contribution in [0.4, 0.5) is 0 Å². The smallest absolute Gasteiger partial charge is 0.140 e. The Morgan fingerprint density at radius 1 is 1.19 bits per heavy atom. The van der Waals surface area contributed by atoms with Gasteiger partial charge in [0.2, 0.25) is 0 Å². The molecule has 2 aromatic rings. The van der Waals surface area contributed by atoms with Crippen molar-refractivity contribution in [3.8, 4) is 17.0 Å². The van der Waals surface area contributed by atoms with Crippen LogP contribution in [0.5, 0.6) is 5.75 Å². The molecule has 0 saturated carbocycles. The number of aryl methyl sites for hydroxylation is 1. The van der Waals surface area contributed by atoms with E-state index in [4.69, 9.17) is 4.74 Å². The molecule has 0 saturated heterocycles. The Balaban J connectivity index is 2.44. The molecule has 16 heavy (non-hydrogen) atoms. The maximum atomic E-state index is 5.26. The second-order valence-electron chi connectivity index (χ2n) is 3.60. The molecule has 1 aromatic heterocycles. The molecule has 0 fully saturated rings. The van der Waals surface area contributed by atoms with Crippen molar-refractivity contribution in [1.29, 1.82) is 0 Å². The van der Waals surface area contributed by atoms with Crippen molar-refractivity contribution in [1.82, 2.24) is 4.98 Å². The van der Waals surface area contributed by atoms with Gasteiger partial charge in [-0.05, 0) is 18.1 Å². The number of pyridine rings is 1. The van der Waals surface area contributed by atoms with Crippen molar-refractivity contribution in [3.63, 3.8) is 0 Å². The molecule has 2 nitrogen and oxygen atoms in total. The predicted octanol–water partition coefficient (Wildman–Crippen LogP) is 3.32. The highest BCUT2D eigenvalue weighted by atomic mass is 16.5. The zero-order valence-electron chi connectivity index (χ0n) is 9.60. The average Bonchev–Trinajstić information content (AvgIpc) is 2.39. The first-order valence-electron chi connectivity index (χ1n) is 5.43. The molecule has 0 aliphatic rings. The summed E-state index contributed by atoms with van der Waals surface area (Å²) < 4.78 is 5.26. The minimum Gasteiger partial charge on any atom is -0.495 e. The van der Waals surface area contributed by atoms with Crippen LogP contribution >= 0.6 is 0 Å². The SMILES string of the molecule is CCc1cc(-c2ccccc2)ncc1OC. The third kappa shape index (κ3) is 2.06. The lowest BCUT2D eigenvalue weighted by molar-refractivity contribution is 0.408. The standard InChI is InChI=1S/C14H15NO/c1-3-11-9-13(15-10-14(11)16-2)12-7-5-4-6-8-12/h4-10H,3H2,1-2H3. The largest absolute Gasteiger partial charge is 0.495 e. The predicted molar refractivity (Wildman–Crippen MR) is 65.6 cm³/mol. The molecule has 1 heterocycles. The van der Waals surface area contributed by atoms with Gasteiger partial charge in [-0.2, -0.15) is 0 Å². The zero-order chi connectivity index (χ0) is 11.4. The van der Waals surface area contributed by atoms with Gasteiger partial charge in [-0.25, -0.2) is 0 Å². The Morgan fingerprint density at radius 2 is 1.94 bits per heavy atom. The minimum atomic E-state index is 0.863. The zero-order valence-corrected chi connectivity index (χ0v) is 9.60. The van der Waals surface area contributed by atoms with Gasteiger partial charge in [-0.1, -0.05) is 37.3 Å². The molecule has 0 spiro atoms. The van der Waals surface area contributed by atoms with Gasteiger partial charge in [0.15, 0.2) is 0 Å². The number of methoxy groups -OCH3 is 1. The highest BCUT2D eigenvalue weighted by Gasteiger charge is 2.04. The van der Waals surface area contributed by atoms with Gasteiger partial charge >= 0.3 is 0 Å². The van der Waals surface area contributed by atoms with Crippen molar-refractivity contribution < 1.29 is 4.74 Å². The molecule has 0 amide bonds. The van der Waals surface area contributed by atoms with Crippen LogP contribution in [0.3, 0.4) is 0 Å². The summed E-state index contributed by atoms with van der Waals surface area (Å²) in [6.07, 6.45) is 2.74. The van der Waals surface area contributed by atoms with E-state index in [0.717, 1.165) is 23.4 Å². The molecular weight excluding hydrogens is 198 g/mol. The summed E-state index contributed by atoms with van der Waals surface area (Å²) in [5, 5.41) is 0. The van der Waals surface area contributed by atoms with Crippen LogP contribution in [-0.4, -0.2) is 12.1 Å². The Bertz CT molecular complexity index is 465. The molecule has 0 unspecified atom stereocenters. The Labute approximate surface area is 95.9 Å². The molecule has 0 radical (unpaired) electrons. The van der Waals surface area contributed by atoms with Gasteiger partial charge in [0.25, 0.3) is 0 Å². The van der Waals surface area contributed by atoms with Crippen LogP contribution < -0.4 is 4.74 Å². The van der Waals surface area contributed by atoms with Crippen molar-refractivity contribution in [2.45, 2.75) is 13.3 Å². The van der Waals surface area contributed by atoms with Crippen LogP contribution in [0.1, 0.15) is 12.5 Å². The molecule has 2 heteroatoms. The summed E-state index contributed by atoms with van der Waals surface area (Å²) in [4.78, 5) is 4.40. The molecule has 82 valence electrons. The maximum Gasteiger partial charge on any atom is 0.140 e. The van der Waals surface area contributed by atoms with E-state index in [1.807, 2.05) is 18.2 Å². The molecule has 0 aliphatic heterocycles. The van der Waals surface area contributed by atoms with Gasteiger partial charge < -0.3 is 4.74 Å². The van der Waals surface area contributed by atoms with E-state index in [1.165, 1.54) is 5.56 Å². The normalized spacial score (nSPS) is 10.1. The van der Waals surface area contributed by atoms with E-state index in [0.29, 0.717) is 0 Å². The van der Waals surface area contributed by atoms with Gasteiger partial charge in [-0.15, -0.1) is 0 Å². The van der Waals surface area contributed by atoms with Crippen molar-refractivity contribution >= 4 is 0 Å². The topological polar surface area (TPSA) is 22.1 Å². The Morgan fingerprint density at radius 3 is 2.56 bits per heavy atom. The monoisotopic (exact) mass is 213 g/mol. The quantitative estimate of drug-likeness (QED) is 0.780. The lowest BCUT2D eigenvalue weighted by Crippen LogP contribution is -1.93. The summed E-state index contributed by atoms with van der Waals surface area (Å²) in [7, 11) is 1.68. The summed E-state index contributed by atoms with van der Waals surface area (Å²) in [5.41, 5.74) is 3.33. The average molecular weight is 213 g/mol. The Kier molecular flexibility index (Phi) is 3.20. The summed E-state index contributed by atoms with van der Waals surface area (Å²) in [6.45, 7) is 2.12. The van der Waals surface area contributed by atoms with Crippen molar-refractivity contribution in [3.05, 3.63) is 48.2 Å². The van der Waals surface area contributed by atoms with Crippen LogP contribution in [0.25, 0.3) is 11.3 Å². The number of nitrogens with zero attached hydrogens (tertiary/aromatic N) is 1. The van der Waals surface area contributed by atoms with E-state index < -0.39 is 0 Å². The maximum absolute atomic E-state index is 5.26. The fraction of sp³-hybridized carbons (Fsp3) is 0.214. The Hall–Kier alpha value is -1.83. The molecule has 2 rings (SSSR count). The fourth-order valence-electron chi connectivity index (χ4n) is 1.71. The lowest BCUT2D eigenvalue weighted by Gasteiger charge is -2.08. The molecule has 1 aromatic carbocycles. The number of rotatable bonds is 3. The summed E-state index contributed by atoms with van der Waals surface area (Å²) >= 11 is 0. The molecule has 0 bridgehead atoms. The third-order valence-corrected chi connectivity index (χ3v) is 2.62. The van der Waals surface area contributed by atoms with E-state index in [1.54, 1.807) is 13.3 Å². The number of benzene rings is 1. The summed E-state index contributed by atoms with van der Waals surface area (Å²) in [6, 6.07) is 12.3. The van der Waals surface area contributed by atoms with E-state index in [9.17, 15) is 0 Å². The van der Waals surface area contributed by atoms with Gasteiger partial charge in [-0.3, -0.25) is 4.98 Å². The fourth-order valence-corrected chi connectivity index (χ4v) is 1.71. The summed E-state index contributed by atoms with van der Waals surface area (Å²) in [5.74, 6) is 0.863.